The van der Waals surface area contributed by atoms with Gasteiger partial charge in [0.2, 0.25) is 0 Å². The standard InChI is InChI=1S/C27H38F6O4.H2O/c1-15(11-20(35)14-25(37,26(28,29)30)27(31,32)33)21-8-9-22-17(5-4-10-24(21,22)3)6-7-18-12-19(34)13-23(36)16(18)2;/h6-7,15,19-23,34-37H,2,4-5,8-14H2,1,3H3;1H2/b17-6+,18-7-;/t15?,19-,20+,21-,22?,23+,24-;/m1./s1. The molecule has 220 valence electrons. The SMILES string of the molecule is C=C1/C(=C\C=C2/CCC[C@@]3(C)C2CC[C@@H]3C(C)C[C@H](O)CC(O)(C(F)(F)F)C(F)(F)F)C[C@@H](O)C[C@@H]1O.O. The number of halogens is 6. The summed E-state index contributed by atoms with van der Waals surface area (Å²) >= 11 is 0. The Morgan fingerprint density at radius 3 is 2.26 bits per heavy atom. The van der Waals surface area contributed by atoms with Crippen molar-refractivity contribution in [2.45, 2.75) is 108 Å². The minimum absolute atomic E-state index is 0. The molecule has 3 aliphatic rings. The van der Waals surface area contributed by atoms with E-state index in [1.165, 1.54) is 5.57 Å². The van der Waals surface area contributed by atoms with Gasteiger partial charge in [0.1, 0.15) is 0 Å². The molecular formula is C27H40F6O5. The van der Waals surface area contributed by atoms with Gasteiger partial charge in [0.15, 0.2) is 0 Å². The third-order valence-corrected chi connectivity index (χ3v) is 9.10. The maximum Gasteiger partial charge on any atom is 0.426 e. The Kier molecular flexibility index (Phi) is 10.0. The van der Waals surface area contributed by atoms with E-state index >= 15 is 0 Å². The van der Waals surface area contributed by atoms with E-state index in [1.807, 2.05) is 12.2 Å². The molecule has 0 aromatic carbocycles. The molecule has 3 fully saturated rings. The summed E-state index contributed by atoms with van der Waals surface area (Å²) in [6, 6.07) is 0. The van der Waals surface area contributed by atoms with Crippen molar-refractivity contribution in [1.82, 2.24) is 0 Å². The molecule has 6 N–H and O–H groups in total. The highest BCUT2D eigenvalue weighted by atomic mass is 19.4. The molecule has 7 atom stereocenters. The average molecular weight is 559 g/mol. The van der Waals surface area contributed by atoms with Crippen molar-refractivity contribution in [2.24, 2.45) is 23.2 Å². The van der Waals surface area contributed by atoms with E-state index in [0.29, 0.717) is 12.0 Å². The van der Waals surface area contributed by atoms with E-state index in [0.717, 1.165) is 37.7 Å². The molecule has 3 rings (SSSR count). The smallest absolute Gasteiger partial charge is 0.412 e. The first-order valence-electron chi connectivity index (χ1n) is 12.9. The van der Waals surface area contributed by atoms with Crippen molar-refractivity contribution in [3.8, 4) is 0 Å². The summed E-state index contributed by atoms with van der Waals surface area (Å²) in [5, 5.41) is 39.8. The second-order valence-corrected chi connectivity index (χ2v) is 11.6. The Labute approximate surface area is 219 Å². The Hall–Kier alpha value is -1.40. The monoisotopic (exact) mass is 558 g/mol. The molecule has 38 heavy (non-hydrogen) atoms. The molecule has 0 radical (unpaired) electrons. The van der Waals surface area contributed by atoms with Gasteiger partial charge >= 0.3 is 12.4 Å². The molecule has 2 unspecified atom stereocenters. The topological polar surface area (TPSA) is 112 Å². The minimum atomic E-state index is -5.95. The number of aliphatic hydroxyl groups excluding tert-OH is 3. The second kappa shape index (κ2) is 11.6. The third-order valence-electron chi connectivity index (χ3n) is 9.10. The van der Waals surface area contributed by atoms with Crippen LogP contribution < -0.4 is 0 Å². The number of allylic oxidation sites excluding steroid dienone is 3. The van der Waals surface area contributed by atoms with Crippen LogP contribution in [0.5, 0.6) is 0 Å². The lowest BCUT2D eigenvalue weighted by Gasteiger charge is -2.45. The van der Waals surface area contributed by atoms with Crippen molar-refractivity contribution in [1.29, 1.82) is 0 Å². The number of fused-ring (bicyclic) bond motifs is 1. The molecule has 11 heteroatoms. The van der Waals surface area contributed by atoms with Gasteiger partial charge in [-0.05, 0) is 79.3 Å². The van der Waals surface area contributed by atoms with Crippen molar-refractivity contribution in [2.75, 3.05) is 0 Å². The van der Waals surface area contributed by atoms with Gasteiger partial charge < -0.3 is 25.9 Å². The Balaban J connectivity index is 0.00000507. The van der Waals surface area contributed by atoms with Gasteiger partial charge in [-0.25, -0.2) is 0 Å². The van der Waals surface area contributed by atoms with Gasteiger partial charge in [0, 0.05) is 12.8 Å². The van der Waals surface area contributed by atoms with Crippen molar-refractivity contribution < 1.29 is 52.2 Å². The van der Waals surface area contributed by atoms with Crippen LogP contribution in [0.15, 0.2) is 35.5 Å². The quantitative estimate of drug-likeness (QED) is 0.346. The zero-order valence-electron chi connectivity index (χ0n) is 21.7. The molecular weight excluding hydrogens is 518 g/mol. The molecule has 0 spiro atoms. The summed E-state index contributed by atoms with van der Waals surface area (Å²) in [6.45, 7) is 7.78. The summed E-state index contributed by atoms with van der Waals surface area (Å²) < 4.78 is 78.4. The van der Waals surface area contributed by atoms with E-state index in [2.05, 4.69) is 13.5 Å². The number of hydrogen-bond donors (Lipinski definition) is 4. The summed E-state index contributed by atoms with van der Waals surface area (Å²) in [5.74, 6) is -0.185. The van der Waals surface area contributed by atoms with Gasteiger partial charge in [-0.3, -0.25) is 0 Å². The fraction of sp³-hybridized carbons (Fsp3) is 0.778. The number of alkyl halides is 6. The molecule has 0 saturated heterocycles. The lowest BCUT2D eigenvalue weighted by Crippen LogP contribution is -2.58. The molecule has 3 saturated carbocycles. The van der Waals surface area contributed by atoms with Crippen LogP contribution in [0, 0.1) is 23.2 Å². The molecule has 3 aliphatic carbocycles. The van der Waals surface area contributed by atoms with Crippen molar-refractivity contribution >= 4 is 0 Å². The highest BCUT2D eigenvalue weighted by Gasteiger charge is 2.70. The van der Waals surface area contributed by atoms with Crippen LogP contribution in [-0.2, 0) is 0 Å². The molecule has 0 heterocycles. The first kappa shape index (κ1) is 32.8. The van der Waals surface area contributed by atoms with E-state index in [9.17, 15) is 46.8 Å². The van der Waals surface area contributed by atoms with E-state index in [1.54, 1.807) is 6.92 Å². The second-order valence-electron chi connectivity index (χ2n) is 11.6. The van der Waals surface area contributed by atoms with Crippen LogP contribution in [0.1, 0.15) is 71.6 Å². The van der Waals surface area contributed by atoms with Crippen molar-refractivity contribution in [3.63, 3.8) is 0 Å². The predicted octanol–water partition coefficient (Wildman–Crippen LogP) is 4.94. The number of aliphatic hydroxyl groups is 4. The van der Waals surface area contributed by atoms with Crippen molar-refractivity contribution in [3.05, 3.63) is 35.5 Å². The van der Waals surface area contributed by atoms with E-state index in [4.69, 9.17) is 0 Å². The molecule has 0 aromatic rings. The Bertz CT molecular complexity index is 897. The fourth-order valence-electron chi connectivity index (χ4n) is 7.09. The third kappa shape index (κ3) is 6.32. The van der Waals surface area contributed by atoms with Crippen LogP contribution >= 0.6 is 0 Å². The maximum absolute atomic E-state index is 13.1. The maximum atomic E-state index is 13.1. The van der Waals surface area contributed by atoms with Gasteiger partial charge in [-0.2, -0.15) is 26.3 Å². The predicted molar refractivity (Wildman–Crippen MR) is 130 cm³/mol. The largest absolute Gasteiger partial charge is 0.426 e. The van der Waals surface area contributed by atoms with Gasteiger partial charge in [0.25, 0.3) is 5.60 Å². The molecule has 0 aromatic heterocycles. The molecule has 0 amide bonds. The average Bonchev–Trinajstić information content (AvgIpc) is 3.11. The molecule has 5 nitrogen and oxygen atoms in total. The zero-order valence-corrected chi connectivity index (χ0v) is 21.7. The number of rotatable bonds is 6. The van der Waals surface area contributed by atoms with Gasteiger partial charge in [-0.15, -0.1) is 0 Å². The minimum Gasteiger partial charge on any atom is -0.412 e. The Morgan fingerprint density at radius 2 is 1.68 bits per heavy atom. The molecule has 0 bridgehead atoms. The zero-order chi connectivity index (χ0) is 28.0. The summed E-state index contributed by atoms with van der Waals surface area (Å²) in [7, 11) is 0. The number of hydrogen-bond acceptors (Lipinski definition) is 4. The van der Waals surface area contributed by atoms with Crippen LogP contribution in [-0.4, -0.2) is 62.2 Å². The first-order chi connectivity index (χ1) is 16.9. The lowest BCUT2D eigenvalue weighted by molar-refractivity contribution is -0.374. The van der Waals surface area contributed by atoms with Gasteiger partial charge in [-0.1, -0.05) is 38.2 Å². The highest BCUT2D eigenvalue weighted by Crippen LogP contribution is 2.60. The van der Waals surface area contributed by atoms with Crippen LogP contribution in [0.3, 0.4) is 0 Å². The van der Waals surface area contributed by atoms with Crippen LogP contribution in [0.4, 0.5) is 26.3 Å². The lowest BCUT2D eigenvalue weighted by atomic mass is 9.60. The Morgan fingerprint density at radius 1 is 1.08 bits per heavy atom. The summed E-state index contributed by atoms with van der Waals surface area (Å²) in [4.78, 5) is 0. The molecule has 0 aliphatic heterocycles. The van der Waals surface area contributed by atoms with Crippen LogP contribution in [0.2, 0.25) is 0 Å². The normalized spacial score (nSPS) is 34.7. The first-order valence-corrected chi connectivity index (χ1v) is 12.9. The van der Waals surface area contributed by atoms with E-state index in [-0.39, 0.29) is 41.5 Å². The highest BCUT2D eigenvalue weighted by molar-refractivity contribution is 5.38. The van der Waals surface area contributed by atoms with Gasteiger partial charge in [0.05, 0.1) is 18.3 Å². The summed E-state index contributed by atoms with van der Waals surface area (Å²) in [5.41, 5.74) is -2.61. The van der Waals surface area contributed by atoms with E-state index < -0.39 is 42.7 Å². The summed E-state index contributed by atoms with van der Waals surface area (Å²) in [6.07, 6.45) is -8.72. The van der Waals surface area contributed by atoms with Crippen LogP contribution in [0.25, 0.3) is 0 Å². The fourth-order valence-corrected chi connectivity index (χ4v) is 7.09.